The van der Waals surface area contributed by atoms with Gasteiger partial charge in [-0.3, -0.25) is 4.79 Å². The Bertz CT molecular complexity index is 460. The number of carbonyl (C=O) groups is 2. The molecule has 0 fully saturated rings. The van der Waals surface area contributed by atoms with Crippen molar-refractivity contribution in [3.63, 3.8) is 0 Å². The van der Waals surface area contributed by atoms with E-state index in [9.17, 15) is 9.59 Å². The Kier molecular flexibility index (Phi) is 4.66. The van der Waals surface area contributed by atoms with Crippen LogP contribution in [0.3, 0.4) is 0 Å². The molecule has 4 nitrogen and oxygen atoms in total. The molecule has 0 aliphatic carbocycles. The summed E-state index contributed by atoms with van der Waals surface area (Å²) in [7, 11) is 0. The second-order valence-electron chi connectivity index (χ2n) is 4.27. The molecule has 1 rings (SSSR count). The Balaban J connectivity index is 2.86. The van der Waals surface area contributed by atoms with E-state index in [2.05, 4.69) is 11.9 Å². The molecule has 1 aromatic carbocycles. The van der Waals surface area contributed by atoms with Crippen LogP contribution in [0.4, 0.5) is 0 Å². The Morgan fingerprint density at radius 3 is 2.33 bits per heavy atom. The van der Waals surface area contributed by atoms with Crippen LogP contribution in [0, 0.1) is 13.8 Å². The lowest BCUT2D eigenvalue weighted by Gasteiger charge is -2.13. The molecule has 0 radical (unpaired) electrons. The number of hydrogen-bond donors (Lipinski definition) is 2. The standard InChI is InChI=1S/C14H17NO3/c1-4-5-12(14(17)18)15-13(16)11-7-9(2)6-10(3)8-11/h4,6-8,12H,1,5H2,2-3H3,(H,15,16)(H,17,18)/t12-/m1/s1. The van der Waals surface area contributed by atoms with Crippen LogP contribution in [0.1, 0.15) is 27.9 Å². The molecule has 1 amide bonds. The van der Waals surface area contributed by atoms with Gasteiger partial charge in [-0.05, 0) is 32.4 Å². The molecule has 0 saturated carbocycles. The summed E-state index contributed by atoms with van der Waals surface area (Å²) in [6.07, 6.45) is 1.67. The first kappa shape index (κ1) is 14.0. The van der Waals surface area contributed by atoms with Crippen molar-refractivity contribution >= 4 is 11.9 Å². The van der Waals surface area contributed by atoms with Crippen LogP contribution >= 0.6 is 0 Å². The largest absolute Gasteiger partial charge is 0.480 e. The molecule has 96 valence electrons. The lowest BCUT2D eigenvalue weighted by molar-refractivity contribution is -0.139. The zero-order chi connectivity index (χ0) is 13.7. The Hall–Kier alpha value is -2.10. The summed E-state index contributed by atoms with van der Waals surface area (Å²) in [6, 6.07) is 4.48. The van der Waals surface area contributed by atoms with Crippen LogP contribution in [-0.4, -0.2) is 23.0 Å². The highest BCUT2D eigenvalue weighted by molar-refractivity contribution is 5.96. The molecule has 0 aromatic heterocycles. The number of nitrogens with one attached hydrogen (secondary N) is 1. The molecule has 4 heteroatoms. The Morgan fingerprint density at radius 2 is 1.89 bits per heavy atom. The number of benzene rings is 1. The van der Waals surface area contributed by atoms with Crippen molar-refractivity contribution in [2.75, 3.05) is 0 Å². The fraction of sp³-hybridized carbons (Fsp3) is 0.286. The average molecular weight is 247 g/mol. The molecular formula is C14H17NO3. The van der Waals surface area contributed by atoms with Crippen molar-refractivity contribution in [1.29, 1.82) is 0 Å². The summed E-state index contributed by atoms with van der Waals surface area (Å²) >= 11 is 0. The maximum absolute atomic E-state index is 11.9. The quantitative estimate of drug-likeness (QED) is 0.783. The van der Waals surface area contributed by atoms with Crippen LogP contribution < -0.4 is 5.32 Å². The van der Waals surface area contributed by atoms with Gasteiger partial charge in [0.25, 0.3) is 5.91 Å². The van der Waals surface area contributed by atoms with E-state index < -0.39 is 12.0 Å². The zero-order valence-corrected chi connectivity index (χ0v) is 10.6. The van der Waals surface area contributed by atoms with Crippen molar-refractivity contribution in [1.82, 2.24) is 5.32 Å². The minimum absolute atomic E-state index is 0.200. The molecule has 0 aliphatic heterocycles. The van der Waals surface area contributed by atoms with Gasteiger partial charge in [-0.1, -0.05) is 23.3 Å². The van der Waals surface area contributed by atoms with Gasteiger partial charge < -0.3 is 10.4 Å². The SMILES string of the molecule is C=CC[C@@H](NC(=O)c1cc(C)cc(C)c1)C(=O)O. The van der Waals surface area contributed by atoms with Crippen LogP contribution in [0.15, 0.2) is 30.9 Å². The van der Waals surface area contributed by atoms with E-state index in [0.717, 1.165) is 11.1 Å². The summed E-state index contributed by atoms with van der Waals surface area (Å²) in [5, 5.41) is 11.4. The number of hydrogen-bond acceptors (Lipinski definition) is 2. The molecule has 0 bridgehead atoms. The third kappa shape index (κ3) is 3.73. The van der Waals surface area contributed by atoms with E-state index in [1.54, 1.807) is 12.1 Å². The van der Waals surface area contributed by atoms with Crippen molar-refractivity contribution in [2.24, 2.45) is 0 Å². The highest BCUT2D eigenvalue weighted by atomic mass is 16.4. The lowest BCUT2D eigenvalue weighted by Crippen LogP contribution is -2.40. The summed E-state index contributed by atoms with van der Waals surface area (Å²) in [5.74, 6) is -1.44. The van der Waals surface area contributed by atoms with Gasteiger partial charge >= 0.3 is 5.97 Å². The first-order valence-electron chi connectivity index (χ1n) is 5.67. The molecule has 1 atom stereocenters. The molecule has 0 heterocycles. The minimum Gasteiger partial charge on any atom is -0.480 e. The summed E-state index contributed by atoms with van der Waals surface area (Å²) in [4.78, 5) is 22.9. The topological polar surface area (TPSA) is 66.4 Å². The van der Waals surface area contributed by atoms with E-state index in [4.69, 9.17) is 5.11 Å². The van der Waals surface area contributed by atoms with Gasteiger partial charge in [0.2, 0.25) is 0 Å². The van der Waals surface area contributed by atoms with Crippen molar-refractivity contribution in [2.45, 2.75) is 26.3 Å². The summed E-state index contributed by atoms with van der Waals surface area (Å²) in [6.45, 7) is 7.26. The fourth-order valence-electron chi connectivity index (χ4n) is 1.74. The van der Waals surface area contributed by atoms with Crippen molar-refractivity contribution in [3.05, 3.63) is 47.5 Å². The van der Waals surface area contributed by atoms with Crippen molar-refractivity contribution < 1.29 is 14.7 Å². The highest BCUT2D eigenvalue weighted by Crippen LogP contribution is 2.09. The fourth-order valence-corrected chi connectivity index (χ4v) is 1.74. The van der Waals surface area contributed by atoms with Gasteiger partial charge in [0.1, 0.15) is 6.04 Å². The molecule has 0 saturated heterocycles. The van der Waals surface area contributed by atoms with E-state index in [0.29, 0.717) is 5.56 Å². The highest BCUT2D eigenvalue weighted by Gasteiger charge is 2.19. The zero-order valence-electron chi connectivity index (χ0n) is 10.6. The third-order valence-electron chi connectivity index (χ3n) is 2.49. The number of carbonyl (C=O) groups excluding carboxylic acids is 1. The number of amides is 1. The molecule has 0 aliphatic rings. The van der Waals surface area contributed by atoms with Crippen LogP contribution in [0.25, 0.3) is 0 Å². The van der Waals surface area contributed by atoms with Crippen molar-refractivity contribution in [3.8, 4) is 0 Å². The second-order valence-corrected chi connectivity index (χ2v) is 4.27. The third-order valence-corrected chi connectivity index (χ3v) is 2.49. The maximum atomic E-state index is 11.9. The second kappa shape index (κ2) is 6.00. The molecule has 1 aromatic rings. The van der Waals surface area contributed by atoms with Gasteiger partial charge in [0.05, 0.1) is 0 Å². The summed E-state index contributed by atoms with van der Waals surface area (Å²) in [5.41, 5.74) is 2.41. The number of carboxylic acids is 1. The number of aryl methyl sites for hydroxylation is 2. The molecule has 0 spiro atoms. The monoisotopic (exact) mass is 247 g/mol. The number of aliphatic carboxylic acids is 1. The van der Waals surface area contributed by atoms with E-state index >= 15 is 0 Å². The molecule has 0 unspecified atom stereocenters. The Morgan fingerprint density at radius 1 is 1.33 bits per heavy atom. The first-order valence-corrected chi connectivity index (χ1v) is 5.67. The van der Waals surface area contributed by atoms with E-state index in [1.165, 1.54) is 6.08 Å². The molecule has 18 heavy (non-hydrogen) atoms. The van der Waals surface area contributed by atoms with E-state index in [1.807, 2.05) is 19.9 Å². The van der Waals surface area contributed by atoms with Crippen LogP contribution in [0.5, 0.6) is 0 Å². The maximum Gasteiger partial charge on any atom is 0.326 e. The average Bonchev–Trinajstić information content (AvgIpc) is 2.26. The van der Waals surface area contributed by atoms with Gasteiger partial charge in [-0.25, -0.2) is 4.79 Å². The van der Waals surface area contributed by atoms with Gasteiger partial charge in [-0.2, -0.15) is 0 Å². The van der Waals surface area contributed by atoms with Crippen LogP contribution in [0.2, 0.25) is 0 Å². The lowest BCUT2D eigenvalue weighted by atomic mass is 10.1. The van der Waals surface area contributed by atoms with Gasteiger partial charge in [0, 0.05) is 5.56 Å². The van der Waals surface area contributed by atoms with E-state index in [-0.39, 0.29) is 12.3 Å². The smallest absolute Gasteiger partial charge is 0.326 e. The molecular weight excluding hydrogens is 230 g/mol. The van der Waals surface area contributed by atoms with Gasteiger partial charge in [0.15, 0.2) is 0 Å². The summed E-state index contributed by atoms with van der Waals surface area (Å²) < 4.78 is 0. The Labute approximate surface area is 106 Å². The van der Waals surface area contributed by atoms with Gasteiger partial charge in [-0.15, -0.1) is 6.58 Å². The normalized spacial score (nSPS) is 11.7. The van der Waals surface area contributed by atoms with Crippen LogP contribution in [-0.2, 0) is 4.79 Å². The predicted octanol–water partition coefficient (Wildman–Crippen LogP) is 2.06. The minimum atomic E-state index is -1.06. The number of carboxylic acid groups (broad SMARTS) is 1. The number of rotatable bonds is 5. The predicted molar refractivity (Wildman–Crippen MR) is 69.6 cm³/mol. The molecule has 2 N–H and O–H groups in total. The first-order chi connectivity index (χ1) is 8.43.